The van der Waals surface area contributed by atoms with Crippen LogP contribution in [0.2, 0.25) is 0 Å². The normalized spacial score (nSPS) is 36.5. The minimum absolute atomic E-state index is 0.0695. The average molecular weight is 691 g/mol. The van der Waals surface area contributed by atoms with Crippen molar-refractivity contribution in [2.24, 2.45) is 17.3 Å². The molecule has 1 aromatic rings. The summed E-state index contributed by atoms with van der Waals surface area (Å²) in [6.45, 7) is 17.2. The van der Waals surface area contributed by atoms with Crippen LogP contribution in [-0.2, 0) is 35.1 Å². The molecule has 49 heavy (non-hydrogen) atoms. The van der Waals surface area contributed by atoms with Gasteiger partial charge in [-0.15, -0.1) is 0 Å². The first-order valence-corrected chi connectivity index (χ1v) is 17.9. The van der Waals surface area contributed by atoms with E-state index >= 15 is 0 Å². The van der Waals surface area contributed by atoms with Crippen molar-refractivity contribution in [3.05, 3.63) is 24.3 Å². The Bertz CT molecular complexity index is 1220. The van der Waals surface area contributed by atoms with Crippen LogP contribution in [0.5, 0.6) is 0 Å². The van der Waals surface area contributed by atoms with E-state index in [1.807, 2.05) is 38.9 Å². The number of ketones is 1. The first-order valence-electron chi connectivity index (χ1n) is 17.9. The van der Waals surface area contributed by atoms with E-state index in [4.69, 9.17) is 18.9 Å². The molecule has 4 rings (SSSR count). The van der Waals surface area contributed by atoms with Gasteiger partial charge in [-0.2, -0.15) is 0 Å². The highest BCUT2D eigenvalue weighted by Gasteiger charge is 2.51. The molecule has 9 atom stereocenters. The maximum atomic E-state index is 14.3. The van der Waals surface area contributed by atoms with E-state index < -0.39 is 41.4 Å². The van der Waals surface area contributed by atoms with Crippen LogP contribution in [0.3, 0.4) is 0 Å². The van der Waals surface area contributed by atoms with Crippen LogP contribution in [0.1, 0.15) is 60.1 Å². The number of Topliss-reactive ketones (excluding diaryl/α,β-unsaturated/α-hetero) is 1. The number of esters is 1. The van der Waals surface area contributed by atoms with Gasteiger partial charge in [-0.1, -0.05) is 13.8 Å². The highest BCUT2D eigenvalue weighted by molar-refractivity contribution is 6.04. The largest absolute Gasteiger partial charge is 0.463 e. The summed E-state index contributed by atoms with van der Waals surface area (Å²) in [5.41, 5.74) is -1.36. The third-order valence-electron chi connectivity index (χ3n) is 11.0. The lowest BCUT2D eigenvalue weighted by atomic mass is 9.74. The molecule has 1 aromatic heterocycles. The van der Waals surface area contributed by atoms with Gasteiger partial charge < -0.3 is 29.0 Å². The molecule has 3 aliphatic heterocycles. The second kappa shape index (κ2) is 16.9. The van der Waals surface area contributed by atoms with E-state index in [-0.39, 0.29) is 36.5 Å². The van der Waals surface area contributed by atoms with Crippen LogP contribution in [0.4, 0.5) is 0 Å². The predicted molar refractivity (Wildman–Crippen MR) is 186 cm³/mol. The number of ether oxygens (including phenoxy) is 4. The number of nitrogens with zero attached hydrogens (tertiary/aromatic N) is 6. The Morgan fingerprint density at radius 2 is 1.76 bits per heavy atom. The molecule has 3 saturated heterocycles. The van der Waals surface area contributed by atoms with Gasteiger partial charge in [0.15, 0.2) is 12.1 Å². The zero-order valence-corrected chi connectivity index (χ0v) is 31.5. The molecule has 0 radical (unpaired) electrons. The third-order valence-corrected chi connectivity index (χ3v) is 11.0. The Balaban J connectivity index is 1.54. The highest BCUT2D eigenvalue weighted by Crippen LogP contribution is 2.38. The van der Waals surface area contributed by atoms with Crippen molar-refractivity contribution in [3.63, 3.8) is 0 Å². The van der Waals surface area contributed by atoms with Gasteiger partial charge in [0, 0.05) is 71.1 Å². The fourth-order valence-electron chi connectivity index (χ4n) is 7.85. The van der Waals surface area contributed by atoms with Gasteiger partial charge in [0.25, 0.3) is 0 Å². The van der Waals surface area contributed by atoms with E-state index in [0.29, 0.717) is 12.8 Å². The van der Waals surface area contributed by atoms with E-state index in [1.165, 1.54) is 0 Å². The summed E-state index contributed by atoms with van der Waals surface area (Å²) in [6, 6.07) is 1.70. The number of piperazine rings is 1. The molecule has 0 spiro atoms. The van der Waals surface area contributed by atoms with Crippen LogP contribution in [-0.4, -0.2) is 163 Å². The van der Waals surface area contributed by atoms with Crippen molar-refractivity contribution in [2.75, 3.05) is 74.1 Å². The van der Waals surface area contributed by atoms with Gasteiger partial charge in [-0.05, 0) is 73.7 Å². The number of aromatic nitrogens is 2. The van der Waals surface area contributed by atoms with Gasteiger partial charge in [0.05, 0.1) is 29.5 Å². The summed E-state index contributed by atoms with van der Waals surface area (Å²) in [5.74, 6) is -1.49. The summed E-state index contributed by atoms with van der Waals surface area (Å²) in [5, 5.41) is 11.4. The van der Waals surface area contributed by atoms with E-state index in [1.54, 1.807) is 40.4 Å². The second-order valence-corrected chi connectivity index (χ2v) is 15.7. The number of aliphatic hydroxyl groups excluding tert-OH is 1. The van der Waals surface area contributed by atoms with Crippen molar-refractivity contribution in [1.29, 1.82) is 0 Å². The van der Waals surface area contributed by atoms with Crippen LogP contribution in [0.15, 0.2) is 18.6 Å². The van der Waals surface area contributed by atoms with E-state index in [2.05, 4.69) is 38.6 Å². The Morgan fingerprint density at radius 1 is 1.08 bits per heavy atom. The Kier molecular flexibility index (Phi) is 13.7. The molecule has 3 aliphatic rings. The van der Waals surface area contributed by atoms with Gasteiger partial charge in [0.1, 0.15) is 24.5 Å². The van der Waals surface area contributed by atoms with Crippen LogP contribution in [0.25, 0.3) is 0 Å². The fraction of sp³-hybridized carbons (Fsp3) is 0.833. The Labute approximate surface area is 293 Å². The maximum absolute atomic E-state index is 14.3. The molecular weight excluding hydrogens is 628 g/mol. The molecule has 3 fully saturated rings. The molecule has 1 N–H and O–H groups in total. The first-order chi connectivity index (χ1) is 23.0. The molecule has 13 nitrogen and oxygen atoms in total. The van der Waals surface area contributed by atoms with Crippen molar-refractivity contribution < 1.29 is 33.6 Å². The molecule has 0 bridgehead atoms. The number of carbonyl (C=O) groups is 2. The van der Waals surface area contributed by atoms with Crippen molar-refractivity contribution in [2.45, 2.75) is 103 Å². The maximum Gasteiger partial charge on any atom is 0.319 e. The summed E-state index contributed by atoms with van der Waals surface area (Å²) in [6.07, 6.45) is 1.71. The minimum atomic E-state index is -1.43. The summed E-state index contributed by atoms with van der Waals surface area (Å²) < 4.78 is 25.1. The Morgan fingerprint density at radius 3 is 2.37 bits per heavy atom. The molecule has 0 saturated carbocycles. The molecule has 13 heteroatoms. The van der Waals surface area contributed by atoms with Crippen molar-refractivity contribution >= 4 is 11.8 Å². The molecule has 0 amide bonds. The molecule has 0 unspecified atom stereocenters. The lowest BCUT2D eigenvalue weighted by Crippen LogP contribution is -2.59. The lowest BCUT2D eigenvalue weighted by molar-refractivity contribution is -0.295. The zero-order chi connectivity index (χ0) is 36.1. The van der Waals surface area contributed by atoms with Crippen molar-refractivity contribution in [3.8, 4) is 0 Å². The van der Waals surface area contributed by atoms with Crippen LogP contribution < -0.4 is 0 Å². The molecule has 4 heterocycles. The standard InChI is InChI=1S/C36H62N6O7/c1-24-18-36(6,46-10)32(49-33-30(43)29(39(7)8)17-25(2)48-33)26(3)31(44)35(4,5)34(45)47-22-28(40(9)19-24)21-42-15-13-41(14-16-42)20-27-11-12-37-23-38-27/h11-12,23-26,28-30,32-33,43H,13-22H2,1-10H3/t24-,25-,26+,28-,29+,30-,32-,33+,36-/m1/s1. The van der Waals surface area contributed by atoms with Gasteiger partial charge >= 0.3 is 5.97 Å². The van der Waals surface area contributed by atoms with Crippen LogP contribution >= 0.6 is 0 Å². The lowest BCUT2D eigenvalue weighted by Gasteiger charge is -2.47. The zero-order valence-electron chi connectivity index (χ0n) is 31.5. The van der Waals surface area contributed by atoms with Gasteiger partial charge in [-0.25, -0.2) is 9.97 Å². The fourth-order valence-corrected chi connectivity index (χ4v) is 7.85. The highest BCUT2D eigenvalue weighted by atomic mass is 16.7. The average Bonchev–Trinajstić information content (AvgIpc) is 3.06. The molecular formula is C36H62N6O7. The number of hydrogen-bond acceptors (Lipinski definition) is 13. The van der Waals surface area contributed by atoms with E-state index in [9.17, 15) is 14.7 Å². The number of carbonyl (C=O) groups excluding carboxylic acids is 2. The number of rotatable bonds is 8. The topological polar surface area (TPSA) is 130 Å². The number of likely N-dealkylation sites (N-methyl/N-ethyl adjacent to an activating group) is 2. The Hall–Kier alpha value is -2.10. The smallest absolute Gasteiger partial charge is 0.319 e. The quantitative estimate of drug-likeness (QED) is 0.315. The van der Waals surface area contributed by atoms with E-state index in [0.717, 1.165) is 51.5 Å². The SMILES string of the molecule is CO[C@]1(C)C[C@@H](C)CN(C)[C@H](CN2CCN(Cc3ccncn3)CC2)COC(=O)C(C)(C)C(=O)[C@H](C)[C@H]1O[C@@H]1O[C@H](C)C[C@H](N(C)C)[C@H]1O. The second-order valence-electron chi connectivity index (χ2n) is 15.7. The monoisotopic (exact) mass is 690 g/mol. The molecule has 0 aliphatic carbocycles. The third kappa shape index (κ3) is 9.82. The summed E-state index contributed by atoms with van der Waals surface area (Å²) in [7, 11) is 7.56. The van der Waals surface area contributed by atoms with Crippen LogP contribution in [0, 0.1) is 17.3 Å². The minimum Gasteiger partial charge on any atom is -0.463 e. The van der Waals surface area contributed by atoms with Gasteiger partial charge in [0.2, 0.25) is 0 Å². The summed E-state index contributed by atoms with van der Waals surface area (Å²) in [4.78, 5) is 45.5. The number of cyclic esters (lactones) is 1. The van der Waals surface area contributed by atoms with Crippen molar-refractivity contribution in [1.82, 2.24) is 29.6 Å². The first kappa shape index (κ1) is 39.7. The number of methoxy groups -OCH3 is 1. The van der Waals surface area contributed by atoms with Gasteiger partial charge in [-0.3, -0.25) is 24.3 Å². The summed E-state index contributed by atoms with van der Waals surface area (Å²) >= 11 is 0. The number of hydrogen-bond donors (Lipinski definition) is 1. The number of aliphatic hydroxyl groups is 1. The molecule has 0 aromatic carbocycles. The molecule has 278 valence electrons. The predicted octanol–water partition coefficient (Wildman–Crippen LogP) is 1.93.